The molecule has 0 saturated carbocycles. The van der Waals surface area contributed by atoms with Crippen LogP contribution in [-0.2, 0) is 4.74 Å². The molecule has 3 N–H and O–H groups in total. The van der Waals surface area contributed by atoms with E-state index in [1.807, 2.05) is 0 Å². The van der Waals surface area contributed by atoms with Gasteiger partial charge in [-0.05, 0) is 0 Å². The van der Waals surface area contributed by atoms with Crippen molar-refractivity contribution in [3.63, 3.8) is 0 Å². The zero-order chi connectivity index (χ0) is 12.4. The smallest absolute Gasteiger partial charge is 0.331 e. The zero-order valence-electron chi connectivity index (χ0n) is 8.78. The van der Waals surface area contributed by atoms with Crippen molar-refractivity contribution in [3.05, 3.63) is 33.1 Å². The largest absolute Gasteiger partial charge is 0.395 e. The van der Waals surface area contributed by atoms with Crippen molar-refractivity contribution < 1.29 is 14.9 Å². The van der Waals surface area contributed by atoms with Gasteiger partial charge in [0.25, 0.3) is 5.56 Å². The maximum Gasteiger partial charge on any atom is 0.331 e. The van der Waals surface area contributed by atoms with Crippen molar-refractivity contribution >= 4 is 11.8 Å². The molecule has 1 unspecified atom stereocenters. The van der Waals surface area contributed by atoms with Gasteiger partial charge in [0.2, 0.25) is 0 Å². The van der Waals surface area contributed by atoms with Gasteiger partial charge in [-0.25, -0.2) is 4.79 Å². The SMILES string of the molecule is O=c1ccn([C@@H]2O[C@H](CO)C(CO)S2)c(=O)[nH]1. The van der Waals surface area contributed by atoms with Crippen molar-refractivity contribution in [1.82, 2.24) is 9.55 Å². The Labute approximate surface area is 100 Å². The number of hydrogen-bond donors (Lipinski definition) is 3. The molecule has 1 aromatic rings. The van der Waals surface area contributed by atoms with Crippen LogP contribution in [0.4, 0.5) is 0 Å². The molecule has 0 amide bonds. The number of aliphatic hydroxyl groups is 2. The first kappa shape index (κ1) is 12.4. The third-order valence-electron chi connectivity index (χ3n) is 2.44. The first-order valence-electron chi connectivity index (χ1n) is 5.00. The van der Waals surface area contributed by atoms with Gasteiger partial charge in [0, 0.05) is 12.3 Å². The van der Waals surface area contributed by atoms with Gasteiger partial charge in [0.15, 0.2) is 5.56 Å². The predicted molar refractivity (Wildman–Crippen MR) is 60.8 cm³/mol. The fourth-order valence-corrected chi connectivity index (χ4v) is 2.77. The molecule has 1 aliphatic heterocycles. The van der Waals surface area contributed by atoms with Gasteiger partial charge in [-0.2, -0.15) is 0 Å². The summed E-state index contributed by atoms with van der Waals surface area (Å²) in [5.41, 5.74) is -1.70. The lowest BCUT2D eigenvalue weighted by Crippen LogP contribution is -2.31. The van der Waals surface area contributed by atoms with Gasteiger partial charge < -0.3 is 14.9 Å². The summed E-state index contributed by atoms with van der Waals surface area (Å²) in [6.07, 6.45) is 0.807. The van der Waals surface area contributed by atoms with E-state index in [2.05, 4.69) is 4.98 Å². The van der Waals surface area contributed by atoms with E-state index in [1.165, 1.54) is 28.6 Å². The lowest BCUT2D eigenvalue weighted by Gasteiger charge is -2.12. The Kier molecular flexibility index (Phi) is 3.67. The standard InChI is InChI=1S/C9H12N2O5S/c12-3-5-6(4-13)17-9(16-5)11-2-1-7(14)10-8(11)15/h1-2,5-6,9,12-13H,3-4H2,(H,10,14,15)/t5-,6?,9-/m1/s1. The molecule has 0 radical (unpaired) electrons. The minimum absolute atomic E-state index is 0.148. The van der Waals surface area contributed by atoms with Crippen molar-refractivity contribution in [3.8, 4) is 0 Å². The van der Waals surface area contributed by atoms with E-state index in [-0.39, 0.29) is 18.5 Å². The molecule has 0 aromatic carbocycles. The van der Waals surface area contributed by atoms with E-state index in [4.69, 9.17) is 14.9 Å². The van der Waals surface area contributed by atoms with Gasteiger partial charge in [-0.3, -0.25) is 14.3 Å². The molecular weight excluding hydrogens is 248 g/mol. The first-order chi connectivity index (χ1) is 8.15. The highest BCUT2D eigenvalue weighted by atomic mass is 32.2. The normalized spacial score (nSPS) is 28.5. The van der Waals surface area contributed by atoms with Crippen molar-refractivity contribution in [2.75, 3.05) is 13.2 Å². The maximum atomic E-state index is 11.5. The molecular formula is C9H12N2O5S. The summed E-state index contributed by atoms with van der Waals surface area (Å²) in [4.78, 5) is 24.5. The third-order valence-corrected chi connectivity index (χ3v) is 3.81. The molecule has 7 nitrogen and oxygen atoms in total. The summed E-state index contributed by atoms with van der Waals surface area (Å²) >= 11 is 1.23. The number of nitrogens with zero attached hydrogens (tertiary/aromatic N) is 1. The number of aromatic amines is 1. The fourth-order valence-electron chi connectivity index (χ4n) is 1.55. The number of aromatic nitrogens is 2. The van der Waals surface area contributed by atoms with E-state index < -0.39 is 22.9 Å². The van der Waals surface area contributed by atoms with Crippen LogP contribution in [0.5, 0.6) is 0 Å². The van der Waals surface area contributed by atoms with Crippen molar-refractivity contribution in [1.29, 1.82) is 0 Å². The van der Waals surface area contributed by atoms with Gasteiger partial charge >= 0.3 is 5.69 Å². The van der Waals surface area contributed by atoms with E-state index in [0.717, 1.165) is 0 Å². The molecule has 1 aromatic heterocycles. The minimum atomic E-state index is -0.645. The molecule has 3 atom stereocenters. The average molecular weight is 260 g/mol. The highest BCUT2D eigenvalue weighted by Gasteiger charge is 2.36. The molecule has 0 spiro atoms. The number of ether oxygens (including phenoxy) is 1. The number of nitrogens with one attached hydrogen (secondary N) is 1. The maximum absolute atomic E-state index is 11.5. The Morgan fingerprint density at radius 2 is 2.18 bits per heavy atom. The van der Waals surface area contributed by atoms with Crippen LogP contribution in [0.25, 0.3) is 0 Å². The van der Waals surface area contributed by atoms with Crippen molar-refractivity contribution in [2.24, 2.45) is 0 Å². The Balaban J connectivity index is 2.25. The van der Waals surface area contributed by atoms with Crippen LogP contribution in [0.2, 0.25) is 0 Å². The number of aliphatic hydroxyl groups excluding tert-OH is 2. The Morgan fingerprint density at radius 3 is 2.71 bits per heavy atom. The molecule has 1 fully saturated rings. The highest BCUT2D eigenvalue weighted by Crippen LogP contribution is 2.38. The Morgan fingerprint density at radius 1 is 1.41 bits per heavy atom. The third kappa shape index (κ3) is 2.44. The molecule has 94 valence electrons. The molecule has 2 heterocycles. The van der Waals surface area contributed by atoms with Crippen LogP contribution in [0, 0.1) is 0 Å². The molecule has 0 bridgehead atoms. The van der Waals surface area contributed by atoms with Crippen LogP contribution in [0.15, 0.2) is 21.9 Å². The second-order valence-corrected chi connectivity index (χ2v) is 4.82. The van der Waals surface area contributed by atoms with Crippen LogP contribution in [0.3, 0.4) is 0 Å². The zero-order valence-corrected chi connectivity index (χ0v) is 9.59. The van der Waals surface area contributed by atoms with E-state index in [9.17, 15) is 9.59 Å². The van der Waals surface area contributed by atoms with Gasteiger partial charge in [-0.1, -0.05) is 11.8 Å². The average Bonchev–Trinajstić information content (AvgIpc) is 2.72. The molecule has 1 saturated heterocycles. The molecule has 1 aliphatic rings. The lowest BCUT2D eigenvalue weighted by molar-refractivity contribution is -0.0190. The van der Waals surface area contributed by atoms with E-state index in [1.54, 1.807) is 0 Å². The summed E-state index contributed by atoms with van der Waals surface area (Å²) in [5.74, 6) is 0. The first-order valence-corrected chi connectivity index (χ1v) is 5.94. The second-order valence-electron chi connectivity index (χ2n) is 3.54. The number of hydrogen-bond acceptors (Lipinski definition) is 6. The van der Waals surface area contributed by atoms with Gasteiger partial charge in [0.05, 0.1) is 24.6 Å². The van der Waals surface area contributed by atoms with Gasteiger partial charge in [0.1, 0.15) is 0 Å². The quantitative estimate of drug-likeness (QED) is 0.609. The summed E-state index contributed by atoms with van der Waals surface area (Å²) < 4.78 is 6.63. The second kappa shape index (κ2) is 5.05. The highest BCUT2D eigenvalue weighted by molar-refractivity contribution is 8.00. The van der Waals surface area contributed by atoms with Gasteiger partial charge in [-0.15, -0.1) is 0 Å². The fraction of sp³-hybridized carbons (Fsp3) is 0.556. The summed E-state index contributed by atoms with van der Waals surface area (Å²) in [6.45, 7) is -0.378. The number of rotatable bonds is 3. The van der Waals surface area contributed by atoms with Crippen LogP contribution in [-0.4, -0.2) is 44.3 Å². The van der Waals surface area contributed by atoms with Crippen LogP contribution >= 0.6 is 11.8 Å². The van der Waals surface area contributed by atoms with E-state index >= 15 is 0 Å². The number of thioether (sulfide) groups is 1. The minimum Gasteiger partial charge on any atom is -0.395 e. The number of H-pyrrole nitrogens is 1. The summed E-state index contributed by atoms with van der Waals surface area (Å²) in [6, 6.07) is 1.21. The molecule has 2 rings (SSSR count). The van der Waals surface area contributed by atoms with Crippen LogP contribution < -0.4 is 11.2 Å². The molecule has 8 heteroatoms. The summed E-state index contributed by atoms with van der Waals surface area (Å²) in [7, 11) is 0. The molecule has 0 aliphatic carbocycles. The Hall–Kier alpha value is -1.09. The molecule has 17 heavy (non-hydrogen) atoms. The van der Waals surface area contributed by atoms with E-state index in [0.29, 0.717) is 0 Å². The topological polar surface area (TPSA) is 105 Å². The monoisotopic (exact) mass is 260 g/mol. The summed E-state index contributed by atoms with van der Waals surface area (Å²) in [5, 5.41) is 17.9. The van der Waals surface area contributed by atoms with Crippen molar-refractivity contribution in [2.45, 2.75) is 16.9 Å². The van der Waals surface area contributed by atoms with Crippen LogP contribution in [0.1, 0.15) is 5.56 Å². The predicted octanol–water partition coefficient (Wildman–Crippen LogP) is -1.52. The lowest BCUT2D eigenvalue weighted by atomic mass is 10.3. The Bertz CT molecular complexity index is 487.